The van der Waals surface area contributed by atoms with Gasteiger partial charge in [0.25, 0.3) is 5.91 Å². The summed E-state index contributed by atoms with van der Waals surface area (Å²) in [6.07, 6.45) is 2.64. The molecule has 0 aliphatic carbocycles. The molecule has 1 aromatic carbocycles. The number of benzene rings is 1. The van der Waals surface area contributed by atoms with E-state index in [2.05, 4.69) is 0 Å². The van der Waals surface area contributed by atoms with Crippen LogP contribution in [0.1, 0.15) is 15.2 Å². The van der Waals surface area contributed by atoms with Crippen molar-refractivity contribution in [1.29, 1.82) is 0 Å². The molecule has 2 aromatic heterocycles. The smallest absolute Gasteiger partial charge is 0.272 e. The highest BCUT2D eigenvalue weighted by atomic mass is 35.5. The minimum Gasteiger partial charge on any atom is -0.330 e. The molecular formula is C15H13ClN2OS. The summed E-state index contributed by atoms with van der Waals surface area (Å²) in [5.74, 6) is -0.0543. The maximum Gasteiger partial charge on any atom is 0.272 e. The number of nitrogens with zero attached hydrogens (tertiary/aromatic N) is 1. The average molecular weight is 305 g/mol. The second-order valence-corrected chi connectivity index (χ2v) is 6.20. The number of halogens is 1. The third-order valence-corrected chi connectivity index (χ3v) is 4.43. The molecule has 3 nitrogen and oxygen atoms in total. The van der Waals surface area contributed by atoms with Crippen LogP contribution in [0.3, 0.4) is 0 Å². The Morgan fingerprint density at radius 1 is 1.25 bits per heavy atom. The Hall–Kier alpha value is -1.62. The number of thiophene rings is 1. The summed E-state index contributed by atoms with van der Waals surface area (Å²) in [6, 6.07) is 11.4. The van der Waals surface area contributed by atoms with E-state index >= 15 is 0 Å². The molecule has 0 amide bonds. The number of hydrogen-bond acceptors (Lipinski definition) is 3. The van der Waals surface area contributed by atoms with Gasteiger partial charge in [-0.3, -0.25) is 9.36 Å². The summed E-state index contributed by atoms with van der Waals surface area (Å²) < 4.78 is 2.30. The van der Waals surface area contributed by atoms with Crippen molar-refractivity contribution in [3.63, 3.8) is 0 Å². The SMILES string of the molecule is NCCc1cn(C(=O)c2ccc(Cl)s2)c2ccccc12. The van der Waals surface area contributed by atoms with Crippen molar-refractivity contribution in [2.45, 2.75) is 6.42 Å². The Bertz CT molecular complexity index is 775. The van der Waals surface area contributed by atoms with E-state index in [4.69, 9.17) is 17.3 Å². The lowest BCUT2D eigenvalue weighted by molar-refractivity contribution is 0.0969. The van der Waals surface area contributed by atoms with Crippen molar-refractivity contribution < 1.29 is 4.79 Å². The normalized spacial score (nSPS) is 11.1. The van der Waals surface area contributed by atoms with Crippen LogP contribution in [0.25, 0.3) is 10.9 Å². The van der Waals surface area contributed by atoms with Gasteiger partial charge in [-0.25, -0.2) is 0 Å². The number of hydrogen-bond donors (Lipinski definition) is 1. The monoisotopic (exact) mass is 304 g/mol. The summed E-state index contributed by atoms with van der Waals surface area (Å²) in [5, 5.41) is 1.08. The molecule has 0 bridgehead atoms. The van der Waals surface area contributed by atoms with Gasteiger partial charge in [-0.05, 0) is 36.7 Å². The van der Waals surface area contributed by atoms with Crippen LogP contribution in [0.4, 0.5) is 0 Å². The molecule has 0 saturated carbocycles. The number of fused-ring (bicyclic) bond motifs is 1. The van der Waals surface area contributed by atoms with Crippen molar-refractivity contribution in [1.82, 2.24) is 4.57 Å². The molecule has 2 heterocycles. The Kier molecular flexibility index (Phi) is 3.61. The molecule has 0 saturated heterocycles. The Morgan fingerprint density at radius 2 is 2.05 bits per heavy atom. The topological polar surface area (TPSA) is 48.0 Å². The maximum absolute atomic E-state index is 12.6. The first-order valence-electron chi connectivity index (χ1n) is 6.30. The van der Waals surface area contributed by atoms with E-state index in [-0.39, 0.29) is 5.91 Å². The van der Waals surface area contributed by atoms with Crippen molar-refractivity contribution in [2.75, 3.05) is 6.54 Å². The van der Waals surface area contributed by atoms with Gasteiger partial charge in [0.15, 0.2) is 0 Å². The van der Waals surface area contributed by atoms with Crippen LogP contribution in [0, 0.1) is 0 Å². The fraction of sp³-hybridized carbons (Fsp3) is 0.133. The molecular weight excluding hydrogens is 292 g/mol. The van der Waals surface area contributed by atoms with Crippen LogP contribution in [0.15, 0.2) is 42.6 Å². The number of carbonyl (C=O) groups excluding carboxylic acids is 1. The highest BCUT2D eigenvalue weighted by Gasteiger charge is 2.16. The first kappa shape index (κ1) is 13.4. The molecule has 5 heteroatoms. The number of rotatable bonds is 3. The fourth-order valence-corrected chi connectivity index (χ4v) is 3.30. The zero-order valence-corrected chi connectivity index (χ0v) is 12.2. The zero-order valence-electron chi connectivity index (χ0n) is 10.7. The van der Waals surface area contributed by atoms with Gasteiger partial charge in [0.05, 0.1) is 14.7 Å². The number of aromatic nitrogens is 1. The molecule has 0 fully saturated rings. The second kappa shape index (κ2) is 5.40. The summed E-state index contributed by atoms with van der Waals surface area (Å²) >= 11 is 7.20. The minimum atomic E-state index is -0.0543. The first-order chi connectivity index (χ1) is 9.70. The molecule has 3 aromatic rings. The quantitative estimate of drug-likeness (QED) is 0.804. The second-order valence-electron chi connectivity index (χ2n) is 4.49. The summed E-state index contributed by atoms with van der Waals surface area (Å²) in [6.45, 7) is 0.563. The summed E-state index contributed by atoms with van der Waals surface area (Å²) in [5.41, 5.74) is 7.65. The lowest BCUT2D eigenvalue weighted by Gasteiger charge is -2.01. The Balaban J connectivity index is 2.13. The fourth-order valence-electron chi connectivity index (χ4n) is 2.32. The summed E-state index contributed by atoms with van der Waals surface area (Å²) in [7, 11) is 0. The molecule has 0 radical (unpaired) electrons. The highest BCUT2D eigenvalue weighted by Crippen LogP contribution is 2.26. The van der Waals surface area contributed by atoms with Gasteiger partial charge in [-0.1, -0.05) is 29.8 Å². The molecule has 2 N–H and O–H groups in total. The predicted octanol–water partition coefficient (Wildman–Crippen LogP) is 3.55. The number of para-hydroxylation sites is 1. The largest absolute Gasteiger partial charge is 0.330 e. The van der Waals surface area contributed by atoms with Crippen LogP contribution >= 0.6 is 22.9 Å². The van der Waals surface area contributed by atoms with Gasteiger partial charge < -0.3 is 5.73 Å². The molecule has 20 heavy (non-hydrogen) atoms. The van der Waals surface area contributed by atoms with Crippen LogP contribution in [0.5, 0.6) is 0 Å². The zero-order chi connectivity index (χ0) is 14.1. The number of carbonyl (C=O) groups is 1. The Labute approximate surface area is 125 Å². The minimum absolute atomic E-state index is 0.0543. The van der Waals surface area contributed by atoms with Crippen LogP contribution in [0.2, 0.25) is 4.34 Å². The molecule has 0 atom stereocenters. The van der Waals surface area contributed by atoms with E-state index in [9.17, 15) is 4.79 Å². The van der Waals surface area contributed by atoms with Crippen LogP contribution in [-0.2, 0) is 6.42 Å². The van der Waals surface area contributed by atoms with Crippen molar-refractivity contribution in [3.8, 4) is 0 Å². The van der Waals surface area contributed by atoms with Gasteiger partial charge in [0.1, 0.15) is 0 Å². The van der Waals surface area contributed by atoms with Gasteiger partial charge >= 0.3 is 0 Å². The molecule has 3 rings (SSSR count). The van der Waals surface area contributed by atoms with Crippen molar-refractivity contribution >= 4 is 39.7 Å². The number of nitrogens with two attached hydrogens (primary N) is 1. The average Bonchev–Trinajstić information content (AvgIpc) is 3.04. The maximum atomic E-state index is 12.6. The third-order valence-electron chi connectivity index (χ3n) is 3.21. The lowest BCUT2D eigenvalue weighted by Crippen LogP contribution is -2.09. The van der Waals surface area contributed by atoms with Crippen molar-refractivity contribution in [2.24, 2.45) is 5.73 Å². The van der Waals surface area contributed by atoms with Gasteiger partial charge in [0, 0.05) is 11.6 Å². The Morgan fingerprint density at radius 3 is 2.75 bits per heavy atom. The first-order valence-corrected chi connectivity index (χ1v) is 7.49. The van der Waals surface area contributed by atoms with Gasteiger partial charge in [-0.2, -0.15) is 0 Å². The van der Waals surface area contributed by atoms with Gasteiger partial charge in [0.2, 0.25) is 0 Å². The van der Waals surface area contributed by atoms with E-state index in [1.165, 1.54) is 11.3 Å². The van der Waals surface area contributed by atoms with E-state index in [0.29, 0.717) is 15.8 Å². The molecule has 0 spiro atoms. The highest BCUT2D eigenvalue weighted by molar-refractivity contribution is 7.18. The van der Waals surface area contributed by atoms with Crippen LogP contribution < -0.4 is 5.73 Å². The standard InChI is InChI=1S/C15H13ClN2OS/c16-14-6-5-13(20-14)15(19)18-9-10(7-8-17)11-3-1-2-4-12(11)18/h1-6,9H,7-8,17H2. The van der Waals surface area contributed by atoms with E-state index in [0.717, 1.165) is 22.9 Å². The molecule has 0 aliphatic heterocycles. The van der Waals surface area contributed by atoms with E-state index < -0.39 is 0 Å². The molecule has 0 unspecified atom stereocenters. The van der Waals surface area contributed by atoms with Crippen LogP contribution in [-0.4, -0.2) is 17.0 Å². The van der Waals surface area contributed by atoms with Crippen molar-refractivity contribution in [3.05, 3.63) is 57.4 Å². The summed E-state index contributed by atoms with van der Waals surface area (Å²) in [4.78, 5) is 13.2. The predicted molar refractivity (Wildman–Crippen MR) is 83.8 cm³/mol. The third kappa shape index (κ3) is 2.26. The molecule has 102 valence electrons. The van der Waals surface area contributed by atoms with E-state index in [1.807, 2.05) is 30.5 Å². The van der Waals surface area contributed by atoms with E-state index in [1.54, 1.807) is 16.7 Å². The lowest BCUT2D eigenvalue weighted by atomic mass is 10.1. The molecule has 0 aliphatic rings. The van der Waals surface area contributed by atoms with Gasteiger partial charge in [-0.15, -0.1) is 11.3 Å².